The summed E-state index contributed by atoms with van der Waals surface area (Å²) in [7, 11) is 0. The van der Waals surface area contributed by atoms with E-state index in [1.54, 1.807) is 29.1 Å². The third-order valence-electron chi connectivity index (χ3n) is 7.60. The van der Waals surface area contributed by atoms with Crippen molar-refractivity contribution in [1.82, 2.24) is 24.8 Å². The molecule has 10 heteroatoms. The van der Waals surface area contributed by atoms with E-state index in [4.69, 9.17) is 9.15 Å². The molecule has 0 aliphatic carbocycles. The summed E-state index contributed by atoms with van der Waals surface area (Å²) < 4.78 is 12.8. The van der Waals surface area contributed by atoms with E-state index in [0.29, 0.717) is 52.3 Å². The highest BCUT2D eigenvalue weighted by atomic mass is 16.5. The van der Waals surface area contributed by atoms with Crippen molar-refractivity contribution in [2.45, 2.75) is 27.4 Å². The molecule has 6 rings (SSSR count). The van der Waals surface area contributed by atoms with Gasteiger partial charge in [-0.3, -0.25) is 14.5 Å². The Kier molecular flexibility index (Phi) is 6.84. The first-order valence-electron chi connectivity index (χ1n) is 13.6. The second-order valence-electron chi connectivity index (χ2n) is 10.00. The number of ether oxygens (including phenoxy) is 1. The molecular weight excluding hydrogens is 522 g/mol. The van der Waals surface area contributed by atoms with Gasteiger partial charge in [-0.15, -0.1) is 5.10 Å². The molecular formula is C31H29N5O5. The lowest BCUT2D eigenvalue weighted by Gasteiger charge is -2.29. The lowest BCUT2D eigenvalue weighted by molar-refractivity contribution is 0.0594. The van der Waals surface area contributed by atoms with E-state index in [2.05, 4.69) is 29.1 Å². The van der Waals surface area contributed by atoms with Crippen LogP contribution in [0, 0.1) is 6.92 Å². The topological polar surface area (TPSA) is 111 Å². The molecule has 5 aromatic rings. The number of amides is 2. The fourth-order valence-corrected chi connectivity index (χ4v) is 5.35. The average molecular weight is 552 g/mol. The van der Waals surface area contributed by atoms with Gasteiger partial charge in [0.1, 0.15) is 23.6 Å². The zero-order chi connectivity index (χ0) is 28.7. The molecule has 0 atom stereocenters. The number of imide groups is 1. The number of aryl methyl sites for hydroxylation is 1. The Bertz CT molecular complexity index is 1850. The van der Waals surface area contributed by atoms with Gasteiger partial charge in [-0.2, -0.15) is 0 Å². The first-order chi connectivity index (χ1) is 19.9. The molecule has 208 valence electrons. The SMILES string of the molecule is CCN(CC)CCN1C(=O)c2cccc3c(-n4cc(COc5ccc6c(C)cc(=O)oc6c5)nn4)ccc(c23)C1=O. The Morgan fingerprint density at radius 1 is 0.927 bits per heavy atom. The summed E-state index contributed by atoms with van der Waals surface area (Å²) in [5.41, 5.74) is 3.15. The highest BCUT2D eigenvalue weighted by molar-refractivity contribution is 6.26. The minimum atomic E-state index is -0.410. The van der Waals surface area contributed by atoms with Crippen LogP contribution in [0.2, 0.25) is 0 Å². The molecule has 0 saturated carbocycles. The molecule has 10 nitrogen and oxygen atoms in total. The maximum Gasteiger partial charge on any atom is 0.336 e. The summed E-state index contributed by atoms with van der Waals surface area (Å²) in [5.74, 6) is -0.0389. The molecule has 0 radical (unpaired) electrons. The minimum Gasteiger partial charge on any atom is -0.487 e. The third kappa shape index (κ3) is 4.76. The quantitative estimate of drug-likeness (QED) is 0.196. The van der Waals surface area contributed by atoms with Crippen molar-refractivity contribution in [2.75, 3.05) is 26.2 Å². The summed E-state index contributed by atoms with van der Waals surface area (Å²) >= 11 is 0. The molecule has 41 heavy (non-hydrogen) atoms. The lowest BCUT2D eigenvalue weighted by atomic mass is 9.93. The molecule has 2 aromatic heterocycles. The highest BCUT2D eigenvalue weighted by Gasteiger charge is 2.33. The largest absolute Gasteiger partial charge is 0.487 e. The van der Waals surface area contributed by atoms with Crippen LogP contribution in [0.15, 0.2) is 70.0 Å². The fourth-order valence-electron chi connectivity index (χ4n) is 5.35. The van der Waals surface area contributed by atoms with Gasteiger partial charge in [-0.05, 0) is 55.9 Å². The molecule has 0 bridgehead atoms. The maximum atomic E-state index is 13.4. The van der Waals surface area contributed by atoms with Crippen LogP contribution in [-0.2, 0) is 6.61 Å². The number of aromatic nitrogens is 3. The van der Waals surface area contributed by atoms with Gasteiger partial charge < -0.3 is 14.1 Å². The van der Waals surface area contributed by atoms with Crippen molar-refractivity contribution < 1.29 is 18.7 Å². The smallest absolute Gasteiger partial charge is 0.336 e. The highest BCUT2D eigenvalue weighted by Crippen LogP contribution is 2.33. The fraction of sp³-hybridized carbons (Fsp3) is 0.258. The number of fused-ring (bicyclic) bond motifs is 1. The van der Waals surface area contributed by atoms with Gasteiger partial charge in [0.15, 0.2) is 0 Å². The Hall–Kier alpha value is -4.83. The molecule has 3 heterocycles. The second-order valence-corrected chi connectivity index (χ2v) is 10.00. The van der Waals surface area contributed by atoms with Crippen LogP contribution < -0.4 is 10.4 Å². The molecule has 1 aliphatic rings. The summed E-state index contributed by atoms with van der Waals surface area (Å²) in [6.45, 7) is 8.80. The van der Waals surface area contributed by atoms with Crippen molar-refractivity contribution in [2.24, 2.45) is 0 Å². The molecule has 2 amide bonds. The van der Waals surface area contributed by atoms with E-state index in [-0.39, 0.29) is 18.4 Å². The van der Waals surface area contributed by atoms with Crippen molar-refractivity contribution in [1.29, 1.82) is 0 Å². The van der Waals surface area contributed by atoms with Gasteiger partial charge in [-0.1, -0.05) is 31.2 Å². The van der Waals surface area contributed by atoms with E-state index in [0.717, 1.165) is 29.4 Å². The first kappa shape index (κ1) is 26.4. The predicted molar refractivity (Wildman–Crippen MR) is 154 cm³/mol. The average Bonchev–Trinajstić information content (AvgIpc) is 3.45. The van der Waals surface area contributed by atoms with Crippen molar-refractivity contribution in [3.8, 4) is 11.4 Å². The molecule has 0 unspecified atom stereocenters. The summed E-state index contributed by atoms with van der Waals surface area (Å²) in [4.78, 5) is 42.1. The number of hydrogen-bond acceptors (Lipinski definition) is 8. The number of likely N-dealkylation sites (N-methyl/N-ethyl adjacent to an activating group) is 1. The van der Waals surface area contributed by atoms with Gasteiger partial charge in [0.25, 0.3) is 11.8 Å². The molecule has 0 fully saturated rings. The van der Waals surface area contributed by atoms with Gasteiger partial charge in [0, 0.05) is 52.5 Å². The maximum absolute atomic E-state index is 13.4. The lowest BCUT2D eigenvalue weighted by Crippen LogP contribution is -2.44. The Labute approximate surface area is 235 Å². The molecule has 3 aromatic carbocycles. The van der Waals surface area contributed by atoms with Crippen LogP contribution in [0.25, 0.3) is 27.4 Å². The van der Waals surface area contributed by atoms with E-state index in [9.17, 15) is 14.4 Å². The van der Waals surface area contributed by atoms with E-state index >= 15 is 0 Å². The molecule has 0 N–H and O–H groups in total. The number of carbonyl (C=O) groups is 2. The van der Waals surface area contributed by atoms with Gasteiger partial charge >= 0.3 is 5.63 Å². The van der Waals surface area contributed by atoms with Crippen LogP contribution in [0.5, 0.6) is 5.75 Å². The predicted octanol–water partition coefficient (Wildman–Crippen LogP) is 4.35. The van der Waals surface area contributed by atoms with Crippen molar-refractivity contribution in [3.05, 3.63) is 93.6 Å². The number of rotatable bonds is 9. The summed E-state index contributed by atoms with van der Waals surface area (Å²) in [6, 6.07) is 15.8. The Morgan fingerprint density at radius 3 is 2.49 bits per heavy atom. The Balaban J connectivity index is 1.26. The number of hydrogen-bond donors (Lipinski definition) is 0. The second kappa shape index (κ2) is 10.6. The molecule has 0 saturated heterocycles. The first-order valence-corrected chi connectivity index (χ1v) is 13.6. The van der Waals surface area contributed by atoms with Crippen molar-refractivity contribution in [3.63, 3.8) is 0 Å². The van der Waals surface area contributed by atoms with Crippen molar-refractivity contribution >= 4 is 33.6 Å². The summed E-state index contributed by atoms with van der Waals surface area (Å²) in [5, 5.41) is 10.7. The van der Waals surface area contributed by atoms with Crippen LogP contribution in [0.3, 0.4) is 0 Å². The number of benzene rings is 3. The monoisotopic (exact) mass is 551 g/mol. The Morgan fingerprint density at radius 2 is 1.71 bits per heavy atom. The van der Waals surface area contributed by atoms with E-state index < -0.39 is 5.63 Å². The molecule has 0 spiro atoms. The zero-order valence-corrected chi connectivity index (χ0v) is 23.1. The molecule has 1 aliphatic heterocycles. The van der Waals surface area contributed by atoms with E-state index in [1.165, 1.54) is 11.0 Å². The number of nitrogens with zero attached hydrogens (tertiary/aromatic N) is 5. The van der Waals surface area contributed by atoms with Gasteiger partial charge in [-0.25, -0.2) is 9.48 Å². The third-order valence-corrected chi connectivity index (χ3v) is 7.60. The van der Waals surface area contributed by atoms with E-state index in [1.807, 2.05) is 37.3 Å². The van der Waals surface area contributed by atoms with Crippen LogP contribution in [0.4, 0.5) is 0 Å². The minimum absolute atomic E-state index is 0.140. The van der Waals surface area contributed by atoms with Gasteiger partial charge in [0.2, 0.25) is 0 Å². The summed E-state index contributed by atoms with van der Waals surface area (Å²) in [6.07, 6.45) is 1.75. The van der Waals surface area contributed by atoms with Crippen LogP contribution in [-0.4, -0.2) is 62.8 Å². The van der Waals surface area contributed by atoms with Crippen LogP contribution in [0.1, 0.15) is 45.8 Å². The standard InChI is InChI=1S/C31H29N5O5/c1-4-34(5-2)13-14-35-30(38)24-8-6-7-23-26(12-11-25(29(23)24)31(35)39)36-17-20(32-33-36)18-40-21-9-10-22-19(3)15-28(37)41-27(22)16-21/h6-12,15-17H,4-5,13-14,18H2,1-3H3. The van der Waals surface area contributed by atoms with Gasteiger partial charge in [0.05, 0.1) is 11.9 Å². The zero-order valence-electron chi connectivity index (χ0n) is 23.1. The van der Waals surface area contributed by atoms with Crippen LogP contribution >= 0.6 is 0 Å². The normalized spacial score (nSPS) is 13.1. The number of carbonyl (C=O) groups excluding carboxylic acids is 2.